The van der Waals surface area contributed by atoms with Gasteiger partial charge in [-0.3, -0.25) is 9.59 Å². The van der Waals surface area contributed by atoms with Gasteiger partial charge in [-0.25, -0.2) is 9.69 Å². The van der Waals surface area contributed by atoms with Crippen molar-refractivity contribution in [3.8, 4) is 11.5 Å². The Kier molecular flexibility index (Phi) is 7.52. The number of carbonyl (C=O) groups is 3. The molecule has 2 aromatic carbocycles. The molecule has 0 aromatic heterocycles. The summed E-state index contributed by atoms with van der Waals surface area (Å²) in [7, 11) is 1.55. The molecule has 2 aliphatic rings. The molecule has 2 aromatic rings. The second-order valence-electron chi connectivity index (χ2n) is 8.14. The van der Waals surface area contributed by atoms with Crippen LogP contribution in [0.3, 0.4) is 0 Å². The number of carbonyl (C=O) groups excluding carboxylic acids is 3. The summed E-state index contributed by atoms with van der Waals surface area (Å²) in [6, 6.07) is 15.3. The van der Waals surface area contributed by atoms with Crippen LogP contribution in [0.15, 0.2) is 54.6 Å². The second kappa shape index (κ2) is 10.7. The molecular formula is C25H27NO9. The Morgan fingerprint density at radius 3 is 2.31 bits per heavy atom. The van der Waals surface area contributed by atoms with E-state index in [9.17, 15) is 14.4 Å². The second-order valence-corrected chi connectivity index (χ2v) is 8.14. The number of nitrogens with zero attached hydrogens (tertiary/aromatic N) is 1. The molecule has 0 radical (unpaired) electrons. The van der Waals surface area contributed by atoms with Crippen molar-refractivity contribution in [1.29, 1.82) is 0 Å². The van der Waals surface area contributed by atoms with Gasteiger partial charge in [-0.05, 0) is 29.8 Å². The van der Waals surface area contributed by atoms with Gasteiger partial charge in [0.15, 0.2) is 12.2 Å². The van der Waals surface area contributed by atoms with E-state index in [2.05, 4.69) is 0 Å². The molecule has 2 heterocycles. The van der Waals surface area contributed by atoms with E-state index in [4.69, 9.17) is 28.4 Å². The zero-order valence-corrected chi connectivity index (χ0v) is 19.6. The third-order valence-electron chi connectivity index (χ3n) is 5.69. The Bertz CT molecular complexity index is 1040. The van der Waals surface area contributed by atoms with Gasteiger partial charge in [-0.2, -0.15) is 0 Å². The van der Waals surface area contributed by atoms with E-state index in [0.717, 1.165) is 10.5 Å². The predicted molar refractivity (Wildman–Crippen MR) is 121 cm³/mol. The maximum Gasteiger partial charge on any atom is 0.417 e. The maximum absolute atomic E-state index is 12.6. The minimum atomic E-state index is -1.10. The maximum atomic E-state index is 12.6. The van der Waals surface area contributed by atoms with E-state index in [0.29, 0.717) is 18.1 Å². The summed E-state index contributed by atoms with van der Waals surface area (Å²) in [6.45, 7) is 2.81. The lowest BCUT2D eigenvalue weighted by atomic mass is 9.96. The zero-order valence-electron chi connectivity index (χ0n) is 19.6. The molecule has 0 N–H and O–H groups in total. The van der Waals surface area contributed by atoms with E-state index in [-0.39, 0.29) is 6.61 Å². The summed E-state index contributed by atoms with van der Waals surface area (Å²) in [5, 5.41) is 0. The Hall–Kier alpha value is -3.63. The summed E-state index contributed by atoms with van der Waals surface area (Å²) in [6.07, 6.45) is -4.79. The number of fused-ring (bicyclic) bond motifs is 1. The van der Waals surface area contributed by atoms with Gasteiger partial charge in [-0.1, -0.05) is 30.3 Å². The fourth-order valence-electron chi connectivity index (χ4n) is 4.15. The molecule has 186 valence electrons. The molecule has 2 aliphatic heterocycles. The minimum absolute atomic E-state index is 0.0240. The van der Waals surface area contributed by atoms with Crippen molar-refractivity contribution in [2.24, 2.45) is 0 Å². The molecule has 10 heteroatoms. The monoisotopic (exact) mass is 485 g/mol. The van der Waals surface area contributed by atoms with E-state index < -0.39 is 48.6 Å². The first-order valence-corrected chi connectivity index (χ1v) is 11.1. The third-order valence-corrected chi connectivity index (χ3v) is 5.69. The molecule has 0 bridgehead atoms. The first-order valence-electron chi connectivity index (χ1n) is 11.1. The quantitative estimate of drug-likeness (QED) is 0.521. The minimum Gasteiger partial charge on any atom is -0.497 e. The fourth-order valence-corrected chi connectivity index (χ4v) is 4.15. The van der Waals surface area contributed by atoms with Gasteiger partial charge in [0.2, 0.25) is 12.2 Å². The Labute approximate surface area is 202 Å². The van der Waals surface area contributed by atoms with E-state index in [1.807, 2.05) is 30.3 Å². The van der Waals surface area contributed by atoms with Crippen LogP contribution in [0.4, 0.5) is 4.79 Å². The van der Waals surface area contributed by atoms with E-state index in [1.165, 1.54) is 13.8 Å². The third kappa shape index (κ3) is 5.55. The lowest BCUT2D eigenvalue weighted by Gasteiger charge is -2.42. The summed E-state index contributed by atoms with van der Waals surface area (Å²) < 4.78 is 34.2. The van der Waals surface area contributed by atoms with Gasteiger partial charge in [0.25, 0.3) is 0 Å². The molecule has 2 amide bonds. The molecule has 4 rings (SSSR count). The Morgan fingerprint density at radius 1 is 1.00 bits per heavy atom. The smallest absolute Gasteiger partial charge is 0.417 e. The van der Waals surface area contributed by atoms with Crippen LogP contribution >= 0.6 is 0 Å². The van der Waals surface area contributed by atoms with Crippen LogP contribution < -0.4 is 9.47 Å². The van der Waals surface area contributed by atoms with Crippen LogP contribution in [0.2, 0.25) is 0 Å². The highest BCUT2D eigenvalue weighted by Gasteiger charge is 2.60. The summed E-state index contributed by atoms with van der Waals surface area (Å²) in [4.78, 5) is 37.7. The normalized spacial score (nSPS) is 25.4. The number of rotatable bonds is 8. The summed E-state index contributed by atoms with van der Waals surface area (Å²) in [5.74, 6) is -0.0778. The van der Waals surface area contributed by atoms with Gasteiger partial charge in [0.1, 0.15) is 23.6 Å². The Morgan fingerprint density at radius 2 is 1.69 bits per heavy atom. The van der Waals surface area contributed by atoms with Gasteiger partial charge in [0, 0.05) is 13.8 Å². The van der Waals surface area contributed by atoms with Crippen molar-refractivity contribution in [3.63, 3.8) is 0 Å². The van der Waals surface area contributed by atoms with Gasteiger partial charge in [-0.15, -0.1) is 0 Å². The zero-order chi connectivity index (χ0) is 24.9. The number of amides is 2. The molecule has 35 heavy (non-hydrogen) atoms. The number of hydrogen-bond donors (Lipinski definition) is 0. The summed E-state index contributed by atoms with van der Waals surface area (Å²) in [5.41, 5.74) is 0.950. The fraction of sp³-hybridized carbons (Fsp3) is 0.400. The predicted octanol–water partition coefficient (Wildman–Crippen LogP) is 2.68. The first-order chi connectivity index (χ1) is 16.9. The highest BCUT2D eigenvalue weighted by molar-refractivity contribution is 5.92. The number of ether oxygens (including phenoxy) is 6. The number of benzene rings is 2. The molecule has 2 saturated heterocycles. The molecule has 5 atom stereocenters. The highest BCUT2D eigenvalue weighted by Crippen LogP contribution is 2.36. The molecular weight excluding hydrogens is 458 g/mol. The van der Waals surface area contributed by atoms with Gasteiger partial charge < -0.3 is 28.4 Å². The number of imide groups is 1. The molecule has 10 nitrogen and oxygen atoms in total. The largest absolute Gasteiger partial charge is 0.497 e. The number of hydrogen-bond acceptors (Lipinski definition) is 9. The van der Waals surface area contributed by atoms with Crippen molar-refractivity contribution in [3.05, 3.63) is 60.2 Å². The van der Waals surface area contributed by atoms with Crippen molar-refractivity contribution in [1.82, 2.24) is 4.90 Å². The van der Waals surface area contributed by atoms with Gasteiger partial charge >= 0.3 is 12.1 Å². The number of methoxy groups -OCH3 is 1. The molecule has 0 aliphatic carbocycles. The van der Waals surface area contributed by atoms with Crippen molar-refractivity contribution in [2.75, 3.05) is 13.7 Å². The van der Waals surface area contributed by atoms with Crippen molar-refractivity contribution < 1.29 is 42.8 Å². The topological polar surface area (TPSA) is 110 Å². The van der Waals surface area contributed by atoms with Crippen LogP contribution in [0, 0.1) is 0 Å². The SMILES string of the molecule is COc1ccc(O[C@H]2O[C@H](COCc3ccccc3)[C@@H](OC(C)=O)[C@@H]3OC(=O)N(C(C)=O)[C@@H]23)cc1. The van der Waals surface area contributed by atoms with Crippen molar-refractivity contribution >= 4 is 18.0 Å². The van der Waals surface area contributed by atoms with E-state index >= 15 is 0 Å². The van der Waals surface area contributed by atoms with E-state index in [1.54, 1.807) is 31.4 Å². The average Bonchev–Trinajstić information content (AvgIpc) is 3.19. The van der Waals surface area contributed by atoms with Gasteiger partial charge in [0.05, 0.1) is 20.3 Å². The Balaban J connectivity index is 1.59. The van der Waals surface area contributed by atoms with Crippen molar-refractivity contribution in [2.45, 2.75) is 51.1 Å². The molecule has 0 unspecified atom stereocenters. The van der Waals surface area contributed by atoms with Crippen LogP contribution in [-0.2, 0) is 35.1 Å². The van der Waals surface area contributed by atoms with Crippen LogP contribution in [0.1, 0.15) is 19.4 Å². The molecule has 2 fully saturated rings. The molecule has 0 saturated carbocycles. The van der Waals surface area contributed by atoms with Crippen LogP contribution in [0.5, 0.6) is 11.5 Å². The first kappa shape index (κ1) is 24.5. The standard InChI is InChI=1S/C25H27NO9/c1-15(27)26-21-23(35-25(26)29)22(32-16(2)28)20(14-31-13-17-7-5-4-6-8-17)34-24(21)33-19-11-9-18(30-3)10-12-19/h4-12,20-24H,13-14H2,1-3H3/t20-,21-,22-,23-,24+/m1/s1. The van der Waals surface area contributed by atoms with Crippen LogP contribution in [-0.4, -0.2) is 67.2 Å². The number of esters is 1. The summed E-state index contributed by atoms with van der Waals surface area (Å²) >= 11 is 0. The lowest BCUT2D eigenvalue weighted by molar-refractivity contribution is -0.249. The average molecular weight is 485 g/mol. The highest BCUT2D eigenvalue weighted by atomic mass is 16.7. The molecule has 0 spiro atoms. The van der Waals surface area contributed by atoms with Crippen LogP contribution in [0.25, 0.3) is 0 Å². The lowest BCUT2D eigenvalue weighted by Crippen LogP contribution is -2.63.